The summed E-state index contributed by atoms with van der Waals surface area (Å²) in [4.78, 5) is 28.7. The van der Waals surface area contributed by atoms with Crippen molar-refractivity contribution in [1.29, 1.82) is 0 Å². The molecule has 0 saturated carbocycles. The zero-order valence-electron chi connectivity index (χ0n) is 19.2. The van der Waals surface area contributed by atoms with E-state index in [2.05, 4.69) is 4.90 Å². The first-order chi connectivity index (χ1) is 14.8. The van der Waals surface area contributed by atoms with Gasteiger partial charge in [-0.25, -0.2) is 4.79 Å². The molecule has 168 valence electrons. The number of carbonyl (C=O) groups excluding carboxylic acids is 1. The lowest BCUT2D eigenvalue weighted by Gasteiger charge is -2.29. The average molecular weight is 430 g/mol. The Bertz CT molecular complexity index is 1000. The summed E-state index contributed by atoms with van der Waals surface area (Å²) < 4.78 is 18.1. The maximum absolute atomic E-state index is 12.9. The fraction of sp³-hybridized carbons (Fsp3) is 0.478. The predicted octanol–water partition coefficient (Wildman–Crippen LogP) is 2.65. The molecule has 0 aliphatic carbocycles. The van der Waals surface area contributed by atoms with Gasteiger partial charge in [0.2, 0.25) is 0 Å². The number of hydrogen-bond acceptors (Lipinski definition) is 6. The van der Waals surface area contributed by atoms with Crippen LogP contribution in [0.15, 0.2) is 23.1 Å². The summed E-state index contributed by atoms with van der Waals surface area (Å²) in [6.07, 6.45) is 2.03. The van der Waals surface area contributed by atoms with Gasteiger partial charge in [0.25, 0.3) is 5.56 Å². The first-order valence-electron chi connectivity index (χ1n) is 10.3. The lowest BCUT2D eigenvalue weighted by Crippen LogP contribution is -2.40. The molecule has 0 N–H and O–H groups in total. The van der Waals surface area contributed by atoms with Crippen LogP contribution in [-0.4, -0.2) is 61.9 Å². The van der Waals surface area contributed by atoms with E-state index in [1.807, 2.05) is 32.4 Å². The SMILES string of the molecule is CCOC(=O)N1CCc2c(-c3cc(OC)c(CN(C)C)c(OC)c3)cn(C)c(=O)c2C1. The van der Waals surface area contributed by atoms with Crippen molar-refractivity contribution in [2.45, 2.75) is 26.4 Å². The number of aryl methyl sites for hydroxylation is 1. The van der Waals surface area contributed by atoms with E-state index in [-0.39, 0.29) is 12.1 Å². The Balaban J connectivity index is 2.13. The zero-order chi connectivity index (χ0) is 22.7. The molecular weight excluding hydrogens is 398 g/mol. The summed E-state index contributed by atoms with van der Waals surface area (Å²) in [5, 5.41) is 0. The summed E-state index contributed by atoms with van der Waals surface area (Å²) in [5.74, 6) is 1.46. The van der Waals surface area contributed by atoms with Crippen molar-refractivity contribution >= 4 is 6.09 Å². The molecule has 1 amide bonds. The van der Waals surface area contributed by atoms with E-state index in [0.29, 0.717) is 31.7 Å². The largest absolute Gasteiger partial charge is 0.496 e. The van der Waals surface area contributed by atoms with Gasteiger partial charge in [0.1, 0.15) is 11.5 Å². The van der Waals surface area contributed by atoms with Crippen LogP contribution in [0.4, 0.5) is 4.79 Å². The van der Waals surface area contributed by atoms with Gasteiger partial charge in [-0.2, -0.15) is 0 Å². The molecule has 8 heteroatoms. The first-order valence-corrected chi connectivity index (χ1v) is 10.3. The molecule has 0 atom stereocenters. The van der Waals surface area contributed by atoms with Gasteiger partial charge in [-0.15, -0.1) is 0 Å². The van der Waals surface area contributed by atoms with Gasteiger partial charge < -0.3 is 28.6 Å². The number of fused-ring (bicyclic) bond motifs is 1. The summed E-state index contributed by atoms with van der Waals surface area (Å²) in [5.41, 5.74) is 4.28. The fourth-order valence-electron chi connectivity index (χ4n) is 4.03. The molecule has 3 rings (SSSR count). The van der Waals surface area contributed by atoms with Crippen molar-refractivity contribution in [2.75, 3.05) is 41.5 Å². The second kappa shape index (κ2) is 9.43. The molecule has 2 heterocycles. The quantitative estimate of drug-likeness (QED) is 0.703. The molecule has 0 unspecified atom stereocenters. The Morgan fingerprint density at radius 2 is 1.77 bits per heavy atom. The molecular formula is C23H31N3O5. The van der Waals surface area contributed by atoms with Crippen LogP contribution in [0.5, 0.6) is 11.5 Å². The number of methoxy groups -OCH3 is 2. The normalized spacial score (nSPS) is 13.2. The van der Waals surface area contributed by atoms with Crippen molar-refractivity contribution in [1.82, 2.24) is 14.4 Å². The minimum Gasteiger partial charge on any atom is -0.496 e. The molecule has 1 aromatic heterocycles. The highest BCUT2D eigenvalue weighted by molar-refractivity contribution is 5.74. The number of pyridine rings is 1. The third-order valence-electron chi connectivity index (χ3n) is 5.49. The number of rotatable bonds is 6. The van der Waals surface area contributed by atoms with Crippen molar-refractivity contribution < 1.29 is 19.0 Å². The van der Waals surface area contributed by atoms with Crippen molar-refractivity contribution in [3.63, 3.8) is 0 Å². The maximum atomic E-state index is 12.9. The number of carbonyl (C=O) groups is 1. The third kappa shape index (κ3) is 4.54. The predicted molar refractivity (Wildman–Crippen MR) is 119 cm³/mol. The molecule has 1 aliphatic heterocycles. The molecule has 8 nitrogen and oxygen atoms in total. The topological polar surface area (TPSA) is 73.2 Å². The zero-order valence-corrected chi connectivity index (χ0v) is 19.2. The Hall–Kier alpha value is -3.00. The highest BCUT2D eigenvalue weighted by Crippen LogP contribution is 2.38. The van der Waals surface area contributed by atoms with E-state index in [9.17, 15) is 9.59 Å². The molecule has 0 spiro atoms. The van der Waals surface area contributed by atoms with Gasteiger partial charge in [-0.05, 0) is 50.7 Å². The molecule has 0 fully saturated rings. The van der Waals surface area contributed by atoms with Crippen molar-refractivity contribution in [3.8, 4) is 22.6 Å². The first kappa shape index (κ1) is 22.7. The molecule has 31 heavy (non-hydrogen) atoms. The summed E-state index contributed by atoms with van der Waals surface area (Å²) in [7, 11) is 9.00. The third-order valence-corrected chi connectivity index (χ3v) is 5.49. The van der Waals surface area contributed by atoms with Crippen LogP contribution in [0.2, 0.25) is 0 Å². The Morgan fingerprint density at radius 3 is 2.32 bits per heavy atom. The van der Waals surface area contributed by atoms with Crippen LogP contribution < -0.4 is 15.0 Å². The van der Waals surface area contributed by atoms with Gasteiger partial charge in [-0.3, -0.25) is 4.79 Å². The van der Waals surface area contributed by atoms with Crippen LogP contribution in [0.25, 0.3) is 11.1 Å². The number of nitrogens with zero attached hydrogens (tertiary/aromatic N) is 3. The molecule has 0 saturated heterocycles. The second-order valence-corrected chi connectivity index (χ2v) is 7.88. The highest BCUT2D eigenvalue weighted by Gasteiger charge is 2.27. The summed E-state index contributed by atoms with van der Waals surface area (Å²) in [6, 6.07) is 3.97. The van der Waals surface area contributed by atoms with Gasteiger partial charge in [0, 0.05) is 37.5 Å². The molecule has 0 radical (unpaired) electrons. The minimum absolute atomic E-state index is 0.101. The number of hydrogen-bond donors (Lipinski definition) is 0. The maximum Gasteiger partial charge on any atom is 0.410 e. The molecule has 0 bridgehead atoms. The monoisotopic (exact) mass is 429 g/mol. The lowest BCUT2D eigenvalue weighted by molar-refractivity contribution is 0.102. The number of benzene rings is 1. The van der Waals surface area contributed by atoms with Crippen LogP contribution in [-0.2, 0) is 31.3 Å². The smallest absolute Gasteiger partial charge is 0.410 e. The number of amides is 1. The van der Waals surface area contributed by atoms with Crippen LogP contribution in [0, 0.1) is 0 Å². The van der Waals surface area contributed by atoms with E-state index in [0.717, 1.165) is 33.8 Å². The number of aromatic nitrogens is 1. The molecule has 2 aromatic rings. The van der Waals surface area contributed by atoms with Crippen LogP contribution in [0.1, 0.15) is 23.6 Å². The van der Waals surface area contributed by atoms with Gasteiger partial charge in [-0.1, -0.05) is 0 Å². The van der Waals surface area contributed by atoms with E-state index >= 15 is 0 Å². The van der Waals surface area contributed by atoms with Crippen molar-refractivity contribution in [3.05, 3.63) is 45.4 Å². The van der Waals surface area contributed by atoms with Crippen molar-refractivity contribution in [2.24, 2.45) is 7.05 Å². The molecule has 1 aromatic carbocycles. The average Bonchev–Trinajstić information content (AvgIpc) is 2.75. The van der Waals surface area contributed by atoms with Gasteiger partial charge in [0.05, 0.1) is 32.9 Å². The van der Waals surface area contributed by atoms with Gasteiger partial charge in [0.15, 0.2) is 0 Å². The summed E-state index contributed by atoms with van der Waals surface area (Å²) in [6.45, 7) is 3.49. The second-order valence-electron chi connectivity index (χ2n) is 7.88. The van der Waals surface area contributed by atoms with E-state index < -0.39 is 6.09 Å². The van der Waals surface area contributed by atoms with E-state index in [1.165, 1.54) is 0 Å². The fourth-order valence-corrected chi connectivity index (χ4v) is 4.03. The van der Waals surface area contributed by atoms with E-state index in [1.54, 1.807) is 37.7 Å². The lowest BCUT2D eigenvalue weighted by atomic mass is 9.91. The standard InChI is InChI=1S/C23H31N3O5/c1-7-31-23(28)26-9-8-16-17(13-25(4)22(27)18(16)14-26)15-10-20(29-5)19(12-24(2)3)21(11-15)30-6/h10-11,13H,7-9,12,14H2,1-6H3. The Kier molecular flexibility index (Phi) is 6.90. The highest BCUT2D eigenvalue weighted by atomic mass is 16.6. The molecule has 1 aliphatic rings. The summed E-state index contributed by atoms with van der Waals surface area (Å²) >= 11 is 0. The minimum atomic E-state index is -0.392. The van der Waals surface area contributed by atoms with Gasteiger partial charge >= 0.3 is 6.09 Å². The van der Waals surface area contributed by atoms with Crippen LogP contribution >= 0.6 is 0 Å². The van der Waals surface area contributed by atoms with E-state index in [4.69, 9.17) is 14.2 Å². The number of ether oxygens (including phenoxy) is 3. The van der Waals surface area contributed by atoms with Crippen LogP contribution in [0.3, 0.4) is 0 Å². The Labute approximate surface area is 182 Å². The Morgan fingerprint density at radius 1 is 1.13 bits per heavy atom.